The van der Waals surface area contributed by atoms with Crippen LogP contribution in [0.1, 0.15) is 11.7 Å². The number of nitrogens with one attached hydrogen (secondary N) is 2. The van der Waals surface area contributed by atoms with Crippen LogP contribution in [0, 0.1) is 6.92 Å². The van der Waals surface area contributed by atoms with Crippen LogP contribution in [-0.4, -0.2) is 48.4 Å². The van der Waals surface area contributed by atoms with Crippen molar-refractivity contribution in [2.24, 2.45) is 0 Å². The van der Waals surface area contributed by atoms with Crippen LogP contribution in [0.3, 0.4) is 0 Å². The largest absolute Gasteiger partial charge is 0.378 e. The number of amides is 1. The summed E-state index contributed by atoms with van der Waals surface area (Å²) in [6.45, 7) is 4.03. The van der Waals surface area contributed by atoms with Gasteiger partial charge in [0.2, 0.25) is 11.8 Å². The molecule has 0 aliphatic carbocycles. The maximum atomic E-state index is 11.7. The first-order valence-corrected chi connectivity index (χ1v) is 5.64. The topological polar surface area (TPSA) is 89.3 Å². The lowest BCUT2D eigenvalue weighted by molar-refractivity contribution is -0.125. The summed E-state index contributed by atoms with van der Waals surface area (Å²) < 4.78 is 10.1. The average molecular weight is 240 g/mol. The molecule has 1 amide bonds. The van der Waals surface area contributed by atoms with Gasteiger partial charge in [-0.2, -0.15) is 4.98 Å². The molecule has 94 valence electrons. The van der Waals surface area contributed by atoms with Crippen LogP contribution in [0.2, 0.25) is 0 Å². The first-order valence-electron chi connectivity index (χ1n) is 5.64. The molecule has 17 heavy (non-hydrogen) atoms. The van der Waals surface area contributed by atoms with E-state index in [1.165, 1.54) is 0 Å². The van der Waals surface area contributed by atoms with Crippen LogP contribution >= 0.6 is 0 Å². The lowest BCUT2D eigenvalue weighted by Gasteiger charge is -2.22. The van der Waals surface area contributed by atoms with E-state index in [0.717, 1.165) is 0 Å². The first kappa shape index (κ1) is 12.0. The second kappa shape index (κ2) is 5.74. The summed E-state index contributed by atoms with van der Waals surface area (Å²) >= 11 is 0. The van der Waals surface area contributed by atoms with E-state index in [2.05, 4.69) is 20.8 Å². The fourth-order valence-corrected chi connectivity index (χ4v) is 1.59. The number of carbonyl (C=O) groups is 1. The Kier molecular flexibility index (Phi) is 4.05. The van der Waals surface area contributed by atoms with Gasteiger partial charge in [-0.25, -0.2) is 0 Å². The molecule has 0 bridgehead atoms. The minimum Gasteiger partial charge on any atom is -0.378 e. The molecule has 0 aromatic carbocycles. The highest BCUT2D eigenvalue weighted by molar-refractivity contribution is 5.81. The van der Waals surface area contributed by atoms with Gasteiger partial charge in [0.15, 0.2) is 5.82 Å². The van der Waals surface area contributed by atoms with Crippen molar-refractivity contribution < 1.29 is 14.1 Å². The van der Waals surface area contributed by atoms with Crippen molar-refractivity contribution in [1.29, 1.82) is 0 Å². The van der Waals surface area contributed by atoms with Gasteiger partial charge in [0.05, 0.1) is 13.2 Å². The lowest BCUT2D eigenvalue weighted by Crippen LogP contribution is -2.51. The third-order valence-electron chi connectivity index (χ3n) is 2.45. The Labute approximate surface area is 98.9 Å². The van der Waals surface area contributed by atoms with Crippen molar-refractivity contribution in [3.63, 3.8) is 0 Å². The molecule has 2 N–H and O–H groups in total. The molecule has 1 fully saturated rings. The average Bonchev–Trinajstić information content (AvgIpc) is 2.76. The van der Waals surface area contributed by atoms with Crippen molar-refractivity contribution in [3.8, 4) is 0 Å². The number of aromatic nitrogens is 2. The standard InChI is InChI=1S/C10H16N4O3/c1-7-13-9(17-14-7)2-3-12-10(15)8-6-16-5-4-11-8/h8,11H,2-6H2,1H3,(H,12,15). The van der Waals surface area contributed by atoms with Crippen molar-refractivity contribution in [2.75, 3.05) is 26.3 Å². The van der Waals surface area contributed by atoms with Crippen molar-refractivity contribution in [1.82, 2.24) is 20.8 Å². The van der Waals surface area contributed by atoms with Crippen LogP contribution in [0.15, 0.2) is 4.52 Å². The lowest BCUT2D eigenvalue weighted by atomic mass is 10.2. The number of morpholine rings is 1. The summed E-state index contributed by atoms with van der Waals surface area (Å²) in [7, 11) is 0. The molecule has 7 nitrogen and oxygen atoms in total. The number of hydrogen-bond acceptors (Lipinski definition) is 6. The zero-order valence-corrected chi connectivity index (χ0v) is 9.73. The van der Waals surface area contributed by atoms with E-state index in [1.54, 1.807) is 6.92 Å². The van der Waals surface area contributed by atoms with E-state index in [9.17, 15) is 4.79 Å². The number of hydrogen-bond donors (Lipinski definition) is 2. The van der Waals surface area contributed by atoms with Crippen LogP contribution in [0.25, 0.3) is 0 Å². The van der Waals surface area contributed by atoms with Gasteiger partial charge in [0.1, 0.15) is 6.04 Å². The highest BCUT2D eigenvalue weighted by Gasteiger charge is 2.20. The molecule has 1 atom stereocenters. The zero-order chi connectivity index (χ0) is 12.1. The molecule has 1 aliphatic rings. The van der Waals surface area contributed by atoms with E-state index in [1.807, 2.05) is 0 Å². The molecule has 1 saturated heterocycles. The number of carbonyl (C=O) groups excluding carboxylic acids is 1. The molecule has 0 saturated carbocycles. The summed E-state index contributed by atoms with van der Waals surface area (Å²) in [4.78, 5) is 15.7. The highest BCUT2D eigenvalue weighted by Crippen LogP contribution is 1.96. The Morgan fingerprint density at radius 3 is 3.18 bits per heavy atom. The van der Waals surface area contributed by atoms with Gasteiger partial charge < -0.3 is 19.9 Å². The van der Waals surface area contributed by atoms with Crippen LogP contribution < -0.4 is 10.6 Å². The molecule has 7 heteroatoms. The molecule has 2 heterocycles. The zero-order valence-electron chi connectivity index (χ0n) is 9.73. The van der Waals surface area contributed by atoms with Crippen LogP contribution in [-0.2, 0) is 16.0 Å². The molecular formula is C10H16N4O3. The van der Waals surface area contributed by atoms with Crippen molar-refractivity contribution in [2.45, 2.75) is 19.4 Å². The van der Waals surface area contributed by atoms with Gasteiger partial charge in [0, 0.05) is 19.5 Å². The Hall–Kier alpha value is -1.47. The number of ether oxygens (including phenoxy) is 1. The monoisotopic (exact) mass is 240 g/mol. The fraction of sp³-hybridized carbons (Fsp3) is 0.700. The highest BCUT2D eigenvalue weighted by atomic mass is 16.5. The molecular weight excluding hydrogens is 224 g/mol. The van der Waals surface area contributed by atoms with Crippen molar-refractivity contribution in [3.05, 3.63) is 11.7 Å². The number of rotatable bonds is 4. The Bertz CT molecular complexity index is 373. The maximum Gasteiger partial charge on any atom is 0.239 e. The normalized spacial score (nSPS) is 20.2. The second-order valence-electron chi connectivity index (χ2n) is 3.86. The molecule has 0 radical (unpaired) electrons. The minimum atomic E-state index is -0.256. The third-order valence-corrected chi connectivity index (χ3v) is 2.45. The fourth-order valence-electron chi connectivity index (χ4n) is 1.59. The summed E-state index contributed by atoms with van der Waals surface area (Å²) in [5.41, 5.74) is 0. The SMILES string of the molecule is Cc1noc(CCNC(=O)C2COCCN2)n1. The van der Waals surface area contributed by atoms with Gasteiger partial charge in [-0.15, -0.1) is 0 Å². The summed E-state index contributed by atoms with van der Waals surface area (Å²) in [6.07, 6.45) is 0.542. The maximum absolute atomic E-state index is 11.7. The first-order chi connectivity index (χ1) is 8.25. The predicted octanol–water partition coefficient (Wildman–Crippen LogP) is -0.975. The van der Waals surface area contributed by atoms with Crippen molar-refractivity contribution >= 4 is 5.91 Å². The Balaban J connectivity index is 1.69. The van der Waals surface area contributed by atoms with E-state index < -0.39 is 0 Å². The number of nitrogens with zero attached hydrogens (tertiary/aromatic N) is 2. The van der Waals surface area contributed by atoms with Gasteiger partial charge in [0.25, 0.3) is 0 Å². The predicted molar refractivity (Wildman–Crippen MR) is 58.4 cm³/mol. The second-order valence-corrected chi connectivity index (χ2v) is 3.86. The molecule has 1 unspecified atom stereocenters. The van der Waals surface area contributed by atoms with E-state index in [0.29, 0.717) is 44.4 Å². The van der Waals surface area contributed by atoms with E-state index in [-0.39, 0.29) is 11.9 Å². The summed E-state index contributed by atoms with van der Waals surface area (Å²) in [5, 5.41) is 9.56. The van der Waals surface area contributed by atoms with E-state index in [4.69, 9.17) is 9.26 Å². The minimum absolute atomic E-state index is 0.0547. The van der Waals surface area contributed by atoms with Gasteiger partial charge in [-0.1, -0.05) is 5.16 Å². The third kappa shape index (κ3) is 3.50. The molecule has 1 aromatic heterocycles. The smallest absolute Gasteiger partial charge is 0.239 e. The van der Waals surface area contributed by atoms with Crippen LogP contribution in [0.5, 0.6) is 0 Å². The molecule has 1 aliphatic heterocycles. The molecule has 1 aromatic rings. The molecule has 2 rings (SSSR count). The van der Waals surface area contributed by atoms with Crippen LogP contribution in [0.4, 0.5) is 0 Å². The summed E-state index contributed by atoms with van der Waals surface area (Å²) in [6, 6.07) is -0.256. The quantitative estimate of drug-likeness (QED) is 0.703. The Morgan fingerprint density at radius 1 is 1.65 bits per heavy atom. The van der Waals surface area contributed by atoms with Gasteiger partial charge in [-0.05, 0) is 6.92 Å². The van der Waals surface area contributed by atoms with Gasteiger partial charge in [-0.3, -0.25) is 4.79 Å². The summed E-state index contributed by atoms with van der Waals surface area (Å²) in [5.74, 6) is 1.09. The number of aryl methyl sites for hydroxylation is 1. The van der Waals surface area contributed by atoms with Gasteiger partial charge >= 0.3 is 0 Å². The molecule has 0 spiro atoms. The Morgan fingerprint density at radius 2 is 2.53 bits per heavy atom. The van der Waals surface area contributed by atoms with E-state index >= 15 is 0 Å².